The number of hydrogen-bond acceptors (Lipinski definition) is 6. The van der Waals surface area contributed by atoms with E-state index in [9.17, 15) is 4.79 Å². The maximum Gasteiger partial charge on any atom is 0.343 e. The van der Waals surface area contributed by atoms with Crippen molar-refractivity contribution in [2.45, 2.75) is 25.9 Å². The number of esters is 1. The molecule has 0 aliphatic rings. The summed E-state index contributed by atoms with van der Waals surface area (Å²) in [6, 6.07) is 11.2. The van der Waals surface area contributed by atoms with Gasteiger partial charge in [-0.15, -0.1) is 0 Å². The quantitative estimate of drug-likeness (QED) is 0.426. The zero-order chi connectivity index (χ0) is 17.0. The van der Waals surface area contributed by atoms with Crippen LogP contribution in [0.3, 0.4) is 0 Å². The highest BCUT2D eigenvalue weighted by Crippen LogP contribution is 2.28. The summed E-state index contributed by atoms with van der Waals surface area (Å²) < 4.78 is 10.6. The standard InChI is InChI=1S/C17H23N3O3/c1-11(2)9-17(19,20)16(21)23-10-22-15-8-13(18)7-12-5-3-4-6-14(12)15/h3-8,11H,9-10,18-20H2,1-2H3. The highest BCUT2D eigenvalue weighted by Gasteiger charge is 2.31. The molecule has 2 aromatic carbocycles. The van der Waals surface area contributed by atoms with Crippen molar-refractivity contribution in [3.05, 3.63) is 36.4 Å². The second-order valence-corrected chi connectivity index (χ2v) is 6.07. The lowest BCUT2D eigenvalue weighted by molar-refractivity contribution is -0.157. The molecule has 2 rings (SSSR count). The molecule has 23 heavy (non-hydrogen) atoms. The molecule has 0 amide bonds. The second-order valence-electron chi connectivity index (χ2n) is 6.07. The Morgan fingerprint density at radius 2 is 1.91 bits per heavy atom. The third-order valence-electron chi connectivity index (χ3n) is 3.38. The van der Waals surface area contributed by atoms with Crippen LogP contribution in [0.15, 0.2) is 36.4 Å². The average molecular weight is 317 g/mol. The molecule has 0 fully saturated rings. The van der Waals surface area contributed by atoms with E-state index in [1.807, 2.05) is 44.2 Å². The van der Waals surface area contributed by atoms with Gasteiger partial charge in [0, 0.05) is 17.1 Å². The monoisotopic (exact) mass is 317 g/mol. The zero-order valence-corrected chi connectivity index (χ0v) is 13.4. The van der Waals surface area contributed by atoms with E-state index < -0.39 is 11.6 Å². The summed E-state index contributed by atoms with van der Waals surface area (Å²) in [4.78, 5) is 11.9. The molecule has 0 saturated carbocycles. The highest BCUT2D eigenvalue weighted by molar-refractivity contribution is 5.91. The van der Waals surface area contributed by atoms with Gasteiger partial charge >= 0.3 is 5.97 Å². The van der Waals surface area contributed by atoms with Crippen molar-refractivity contribution < 1.29 is 14.3 Å². The van der Waals surface area contributed by atoms with Gasteiger partial charge in [-0.25, -0.2) is 4.79 Å². The zero-order valence-electron chi connectivity index (χ0n) is 13.4. The van der Waals surface area contributed by atoms with E-state index in [1.54, 1.807) is 6.07 Å². The van der Waals surface area contributed by atoms with Gasteiger partial charge in [0.2, 0.25) is 6.79 Å². The van der Waals surface area contributed by atoms with Crippen LogP contribution in [0.25, 0.3) is 10.8 Å². The molecule has 0 aliphatic heterocycles. The molecule has 0 aliphatic carbocycles. The van der Waals surface area contributed by atoms with Crippen LogP contribution in [-0.4, -0.2) is 18.4 Å². The number of rotatable bonds is 6. The number of anilines is 1. The van der Waals surface area contributed by atoms with Crippen LogP contribution in [0.5, 0.6) is 5.75 Å². The van der Waals surface area contributed by atoms with E-state index in [1.165, 1.54) is 0 Å². The lowest BCUT2D eigenvalue weighted by atomic mass is 9.99. The first-order chi connectivity index (χ1) is 10.8. The Hall–Kier alpha value is -2.31. The fraction of sp³-hybridized carbons (Fsp3) is 0.353. The molecule has 0 aromatic heterocycles. The summed E-state index contributed by atoms with van der Waals surface area (Å²) in [7, 11) is 0. The fourth-order valence-corrected chi connectivity index (χ4v) is 2.46. The first-order valence-corrected chi connectivity index (χ1v) is 7.45. The van der Waals surface area contributed by atoms with Crippen molar-refractivity contribution >= 4 is 22.4 Å². The first kappa shape index (κ1) is 17.1. The number of nitrogens with two attached hydrogens (primary N) is 3. The molecule has 0 atom stereocenters. The van der Waals surface area contributed by atoms with Crippen LogP contribution >= 0.6 is 0 Å². The van der Waals surface area contributed by atoms with Gasteiger partial charge in [-0.1, -0.05) is 38.1 Å². The van der Waals surface area contributed by atoms with E-state index in [2.05, 4.69) is 0 Å². The number of hydrogen-bond donors (Lipinski definition) is 3. The van der Waals surface area contributed by atoms with E-state index in [0.717, 1.165) is 10.8 Å². The number of ether oxygens (including phenoxy) is 2. The number of carbonyl (C=O) groups excluding carboxylic acids is 1. The molecule has 0 heterocycles. The van der Waals surface area contributed by atoms with Crippen molar-refractivity contribution in [3.8, 4) is 5.75 Å². The van der Waals surface area contributed by atoms with Crippen LogP contribution in [0.2, 0.25) is 0 Å². The number of nitrogen functional groups attached to an aromatic ring is 1. The van der Waals surface area contributed by atoms with Crippen LogP contribution in [0.4, 0.5) is 5.69 Å². The molecule has 0 saturated heterocycles. The largest absolute Gasteiger partial charge is 0.457 e. The van der Waals surface area contributed by atoms with Crippen molar-refractivity contribution in [3.63, 3.8) is 0 Å². The van der Waals surface area contributed by atoms with E-state index in [0.29, 0.717) is 17.9 Å². The van der Waals surface area contributed by atoms with Gasteiger partial charge in [0.1, 0.15) is 5.75 Å². The second kappa shape index (κ2) is 6.85. The van der Waals surface area contributed by atoms with E-state index in [-0.39, 0.29) is 12.7 Å². The summed E-state index contributed by atoms with van der Waals surface area (Å²) in [6.07, 6.45) is 0.326. The number of benzene rings is 2. The van der Waals surface area contributed by atoms with Gasteiger partial charge in [-0.05, 0) is 23.8 Å². The number of fused-ring (bicyclic) bond motifs is 1. The fourth-order valence-electron chi connectivity index (χ4n) is 2.46. The summed E-state index contributed by atoms with van der Waals surface area (Å²) in [5, 5.41) is 1.83. The smallest absolute Gasteiger partial charge is 0.343 e. The van der Waals surface area contributed by atoms with Crippen LogP contribution < -0.4 is 21.9 Å². The van der Waals surface area contributed by atoms with Crippen molar-refractivity contribution in [1.29, 1.82) is 0 Å². The highest BCUT2D eigenvalue weighted by atomic mass is 16.7. The minimum atomic E-state index is -1.52. The van der Waals surface area contributed by atoms with Gasteiger partial charge in [0.15, 0.2) is 5.66 Å². The average Bonchev–Trinajstić information content (AvgIpc) is 2.45. The molecule has 6 heteroatoms. The molecular formula is C17H23N3O3. The SMILES string of the molecule is CC(C)CC(N)(N)C(=O)OCOc1cc(N)cc2ccccc12. The minimum absolute atomic E-state index is 0.177. The Morgan fingerprint density at radius 3 is 2.61 bits per heavy atom. The molecule has 124 valence electrons. The van der Waals surface area contributed by atoms with Gasteiger partial charge in [0.05, 0.1) is 0 Å². The molecule has 0 bridgehead atoms. The Balaban J connectivity index is 2.03. The Labute approximate surface area is 135 Å². The molecule has 0 spiro atoms. The normalized spacial score (nSPS) is 11.7. The predicted molar refractivity (Wildman–Crippen MR) is 90.5 cm³/mol. The van der Waals surface area contributed by atoms with Gasteiger partial charge in [-0.3, -0.25) is 0 Å². The van der Waals surface area contributed by atoms with Crippen molar-refractivity contribution in [2.24, 2.45) is 17.4 Å². The van der Waals surface area contributed by atoms with Crippen LogP contribution in [-0.2, 0) is 9.53 Å². The molecule has 2 aromatic rings. The van der Waals surface area contributed by atoms with Crippen LogP contribution in [0, 0.1) is 5.92 Å². The molecular weight excluding hydrogens is 294 g/mol. The van der Waals surface area contributed by atoms with Gasteiger partial charge in [-0.2, -0.15) is 0 Å². The van der Waals surface area contributed by atoms with Gasteiger partial charge in [0.25, 0.3) is 0 Å². The first-order valence-electron chi connectivity index (χ1n) is 7.45. The topological polar surface area (TPSA) is 114 Å². The lowest BCUT2D eigenvalue weighted by Crippen LogP contribution is -2.58. The molecule has 0 unspecified atom stereocenters. The summed E-state index contributed by atoms with van der Waals surface area (Å²) in [5.41, 5.74) is 16.5. The van der Waals surface area contributed by atoms with Gasteiger partial charge < -0.3 is 26.7 Å². The van der Waals surface area contributed by atoms with Crippen LogP contribution in [0.1, 0.15) is 20.3 Å². The third kappa shape index (κ3) is 4.34. The molecule has 6 N–H and O–H groups in total. The van der Waals surface area contributed by atoms with Crippen molar-refractivity contribution in [2.75, 3.05) is 12.5 Å². The predicted octanol–water partition coefficient (Wildman–Crippen LogP) is 1.96. The minimum Gasteiger partial charge on any atom is -0.457 e. The Morgan fingerprint density at radius 1 is 1.22 bits per heavy atom. The summed E-state index contributed by atoms with van der Waals surface area (Å²) >= 11 is 0. The van der Waals surface area contributed by atoms with E-state index in [4.69, 9.17) is 26.7 Å². The maximum absolute atomic E-state index is 11.9. The maximum atomic E-state index is 11.9. The Kier molecular flexibility index (Phi) is 5.08. The number of carbonyl (C=O) groups is 1. The van der Waals surface area contributed by atoms with E-state index >= 15 is 0 Å². The lowest BCUT2D eigenvalue weighted by Gasteiger charge is -2.24. The van der Waals surface area contributed by atoms with Crippen molar-refractivity contribution in [1.82, 2.24) is 0 Å². The Bertz CT molecular complexity index is 699. The summed E-state index contributed by atoms with van der Waals surface area (Å²) in [6.45, 7) is 3.58. The molecule has 6 nitrogen and oxygen atoms in total. The third-order valence-corrected chi connectivity index (χ3v) is 3.38. The molecule has 0 radical (unpaired) electrons. The summed E-state index contributed by atoms with van der Waals surface area (Å²) in [5.74, 6) is 0.0210.